The first-order chi connectivity index (χ1) is 7.50. The zero-order valence-electron chi connectivity index (χ0n) is 10.0. The molecule has 1 aromatic rings. The average molecular weight is 223 g/mol. The second kappa shape index (κ2) is 3.81. The Morgan fingerprint density at radius 2 is 2.19 bits per heavy atom. The fourth-order valence-corrected chi connectivity index (χ4v) is 2.19. The quantitative estimate of drug-likeness (QED) is 0.766. The number of ether oxygens (including phenoxy) is 1. The lowest BCUT2D eigenvalue weighted by molar-refractivity contribution is 0.129. The van der Waals surface area contributed by atoms with Crippen molar-refractivity contribution in [2.75, 3.05) is 0 Å². The monoisotopic (exact) mass is 223 g/mol. The topological polar surface area (TPSA) is 47.4 Å². The molecule has 1 aromatic heterocycles. The van der Waals surface area contributed by atoms with Crippen LogP contribution in [0.3, 0.4) is 0 Å². The molecule has 0 aromatic carbocycles. The number of aromatic nitrogens is 2. The Hall–Kier alpha value is -1.52. The highest BCUT2D eigenvalue weighted by atomic mass is 16.6. The molecule has 16 heavy (non-hydrogen) atoms. The van der Waals surface area contributed by atoms with Crippen LogP contribution in [0.15, 0.2) is 12.4 Å². The number of carbonyl (C=O) groups is 1. The van der Waals surface area contributed by atoms with Crippen LogP contribution >= 0.6 is 0 Å². The molecular weight excluding hydrogens is 206 g/mol. The lowest BCUT2D eigenvalue weighted by Crippen LogP contribution is -2.37. The standard InChI is InChI=1S/C11H17N3O2/c1-7(2)14-8(3)10(16-11(14)15)9-5-12-13(4)6-9/h5-8,10H,1-4H3/t8-,10-/m0/s1. The van der Waals surface area contributed by atoms with Gasteiger partial charge in [0.1, 0.15) is 0 Å². The Labute approximate surface area is 95.0 Å². The number of rotatable bonds is 2. The van der Waals surface area contributed by atoms with Gasteiger partial charge in [0.25, 0.3) is 0 Å². The molecule has 1 amide bonds. The molecule has 1 aliphatic heterocycles. The minimum absolute atomic E-state index is 0.0525. The van der Waals surface area contributed by atoms with E-state index in [1.54, 1.807) is 15.8 Å². The van der Waals surface area contributed by atoms with E-state index in [1.165, 1.54) is 0 Å². The van der Waals surface area contributed by atoms with Crippen molar-refractivity contribution in [1.82, 2.24) is 14.7 Å². The second-order valence-electron chi connectivity index (χ2n) is 4.49. The minimum atomic E-state index is -0.239. The molecule has 5 nitrogen and oxygen atoms in total. The highest BCUT2D eigenvalue weighted by Crippen LogP contribution is 2.33. The fraction of sp³-hybridized carbons (Fsp3) is 0.636. The van der Waals surface area contributed by atoms with Crippen LogP contribution in [0.5, 0.6) is 0 Å². The molecule has 0 unspecified atom stereocenters. The third kappa shape index (κ3) is 1.66. The summed E-state index contributed by atoms with van der Waals surface area (Å²) < 4.78 is 7.10. The molecule has 2 rings (SSSR count). The Morgan fingerprint density at radius 1 is 1.50 bits per heavy atom. The fourth-order valence-electron chi connectivity index (χ4n) is 2.19. The molecule has 2 atom stereocenters. The summed E-state index contributed by atoms with van der Waals surface area (Å²) in [5, 5.41) is 4.10. The van der Waals surface area contributed by atoms with E-state index in [-0.39, 0.29) is 24.3 Å². The normalized spacial score (nSPS) is 25.3. The Morgan fingerprint density at radius 3 is 2.62 bits per heavy atom. The Balaban J connectivity index is 2.23. The number of aryl methyl sites for hydroxylation is 1. The zero-order valence-corrected chi connectivity index (χ0v) is 10.0. The van der Waals surface area contributed by atoms with Gasteiger partial charge >= 0.3 is 6.09 Å². The van der Waals surface area contributed by atoms with E-state index in [9.17, 15) is 4.79 Å². The van der Waals surface area contributed by atoms with Gasteiger partial charge in [0.15, 0.2) is 6.10 Å². The molecule has 0 N–H and O–H groups in total. The maximum atomic E-state index is 11.7. The van der Waals surface area contributed by atoms with E-state index in [0.29, 0.717) is 0 Å². The molecule has 0 radical (unpaired) electrons. The van der Waals surface area contributed by atoms with E-state index < -0.39 is 0 Å². The summed E-state index contributed by atoms with van der Waals surface area (Å²) in [5.41, 5.74) is 0.950. The van der Waals surface area contributed by atoms with Crippen LogP contribution in [0.4, 0.5) is 4.79 Å². The highest BCUT2D eigenvalue weighted by Gasteiger charge is 2.41. The van der Waals surface area contributed by atoms with Gasteiger partial charge in [-0.3, -0.25) is 9.58 Å². The SMILES string of the molecule is CC(C)N1C(=O)O[C@H](c2cnn(C)c2)[C@@H]1C. The molecule has 0 spiro atoms. The molecule has 5 heteroatoms. The number of carbonyl (C=O) groups excluding carboxylic acids is 1. The van der Waals surface area contributed by atoms with Crippen LogP contribution < -0.4 is 0 Å². The van der Waals surface area contributed by atoms with Crippen LogP contribution in [0.1, 0.15) is 32.4 Å². The van der Waals surface area contributed by atoms with E-state index in [1.807, 2.05) is 34.0 Å². The van der Waals surface area contributed by atoms with E-state index in [0.717, 1.165) is 5.56 Å². The first-order valence-electron chi connectivity index (χ1n) is 5.48. The maximum absolute atomic E-state index is 11.7. The summed E-state index contributed by atoms with van der Waals surface area (Å²) in [6.07, 6.45) is 3.19. The lowest BCUT2D eigenvalue weighted by atomic mass is 10.1. The minimum Gasteiger partial charge on any atom is -0.439 e. The molecular formula is C11H17N3O2. The van der Waals surface area contributed by atoms with Crippen LogP contribution in [0.25, 0.3) is 0 Å². The first-order valence-corrected chi connectivity index (χ1v) is 5.48. The number of hydrogen-bond donors (Lipinski definition) is 0. The van der Waals surface area contributed by atoms with Crippen molar-refractivity contribution in [3.05, 3.63) is 18.0 Å². The third-order valence-corrected chi connectivity index (χ3v) is 2.93. The highest BCUT2D eigenvalue weighted by molar-refractivity contribution is 5.71. The molecule has 0 bridgehead atoms. The van der Waals surface area contributed by atoms with E-state index >= 15 is 0 Å². The van der Waals surface area contributed by atoms with Crippen LogP contribution in [-0.2, 0) is 11.8 Å². The van der Waals surface area contributed by atoms with Crippen LogP contribution in [-0.4, -0.2) is 32.9 Å². The van der Waals surface area contributed by atoms with Crippen molar-refractivity contribution >= 4 is 6.09 Å². The molecule has 0 aliphatic carbocycles. The number of amides is 1. The Bertz CT molecular complexity index is 400. The van der Waals surface area contributed by atoms with Crippen molar-refractivity contribution in [3.8, 4) is 0 Å². The smallest absolute Gasteiger partial charge is 0.411 e. The molecule has 2 heterocycles. The maximum Gasteiger partial charge on any atom is 0.411 e. The van der Waals surface area contributed by atoms with Gasteiger partial charge in [0, 0.05) is 24.8 Å². The summed E-state index contributed by atoms with van der Waals surface area (Å²) in [6, 6.07) is 0.209. The zero-order chi connectivity index (χ0) is 11.9. The van der Waals surface area contributed by atoms with Crippen molar-refractivity contribution in [3.63, 3.8) is 0 Å². The summed E-state index contributed by atoms with van der Waals surface area (Å²) in [5.74, 6) is 0. The summed E-state index contributed by atoms with van der Waals surface area (Å²) in [7, 11) is 1.85. The third-order valence-electron chi connectivity index (χ3n) is 2.93. The van der Waals surface area contributed by atoms with Crippen molar-refractivity contribution in [2.24, 2.45) is 7.05 Å². The van der Waals surface area contributed by atoms with Gasteiger partial charge in [-0.25, -0.2) is 4.79 Å². The molecule has 88 valence electrons. The van der Waals surface area contributed by atoms with Crippen molar-refractivity contribution in [2.45, 2.75) is 39.0 Å². The average Bonchev–Trinajstić information content (AvgIpc) is 2.70. The van der Waals surface area contributed by atoms with Gasteiger partial charge in [-0.05, 0) is 20.8 Å². The molecule has 1 saturated heterocycles. The van der Waals surface area contributed by atoms with Gasteiger partial charge in [-0.1, -0.05) is 0 Å². The van der Waals surface area contributed by atoms with Gasteiger partial charge in [0.05, 0.1) is 12.2 Å². The second-order valence-corrected chi connectivity index (χ2v) is 4.49. The Kier molecular flexibility index (Phi) is 2.61. The van der Waals surface area contributed by atoms with Gasteiger partial charge < -0.3 is 4.74 Å². The van der Waals surface area contributed by atoms with Crippen LogP contribution in [0, 0.1) is 0 Å². The van der Waals surface area contributed by atoms with Gasteiger partial charge in [0.2, 0.25) is 0 Å². The lowest BCUT2D eigenvalue weighted by Gasteiger charge is -2.23. The summed E-state index contributed by atoms with van der Waals surface area (Å²) in [4.78, 5) is 13.5. The molecule has 1 aliphatic rings. The van der Waals surface area contributed by atoms with Gasteiger partial charge in [-0.15, -0.1) is 0 Å². The van der Waals surface area contributed by atoms with Crippen molar-refractivity contribution in [1.29, 1.82) is 0 Å². The van der Waals surface area contributed by atoms with E-state index in [4.69, 9.17) is 4.74 Å². The number of cyclic esters (lactones) is 1. The first kappa shape index (κ1) is 11.0. The number of nitrogens with zero attached hydrogens (tertiary/aromatic N) is 3. The predicted molar refractivity (Wildman–Crippen MR) is 58.9 cm³/mol. The molecule has 0 saturated carbocycles. The van der Waals surface area contributed by atoms with E-state index in [2.05, 4.69) is 5.10 Å². The summed E-state index contributed by atoms with van der Waals surface area (Å²) >= 11 is 0. The van der Waals surface area contributed by atoms with Crippen LogP contribution in [0.2, 0.25) is 0 Å². The summed E-state index contributed by atoms with van der Waals surface area (Å²) in [6.45, 7) is 5.98. The predicted octanol–water partition coefficient (Wildman–Crippen LogP) is 1.71. The number of hydrogen-bond acceptors (Lipinski definition) is 3. The largest absolute Gasteiger partial charge is 0.439 e. The molecule has 1 fully saturated rings. The van der Waals surface area contributed by atoms with Gasteiger partial charge in [-0.2, -0.15) is 5.10 Å². The van der Waals surface area contributed by atoms with Crippen molar-refractivity contribution < 1.29 is 9.53 Å².